The Balaban J connectivity index is 1.47. The summed E-state index contributed by atoms with van der Waals surface area (Å²) in [6.07, 6.45) is 2.86. The average Bonchev–Trinajstić information content (AvgIpc) is 3.42. The van der Waals surface area contributed by atoms with Crippen LogP contribution in [0.1, 0.15) is 59.5 Å². The number of carbonyl (C=O) groups is 2. The molecule has 1 aromatic carbocycles. The van der Waals surface area contributed by atoms with Gasteiger partial charge in [0, 0.05) is 57.4 Å². The monoisotopic (exact) mass is 559 g/mol. The summed E-state index contributed by atoms with van der Waals surface area (Å²) in [5.74, 6) is -0.0736. The molecule has 2 amide bonds. The van der Waals surface area contributed by atoms with Gasteiger partial charge >= 0.3 is 0 Å². The molecule has 0 unspecified atom stereocenters. The molecule has 3 heterocycles. The molecule has 2 fully saturated rings. The lowest BCUT2D eigenvalue weighted by Gasteiger charge is -2.42. The minimum atomic E-state index is -0.347. The number of morpholine rings is 1. The first kappa shape index (κ1) is 29.4. The van der Waals surface area contributed by atoms with Crippen molar-refractivity contribution in [2.45, 2.75) is 45.2 Å². The lowest BCUT2D eigenvalue weighted by Crippen LogP contribution is -2.52. The maximum atomic E-state index is 13.2. The lowest BCUT2D eigenvalue weighted by atomic mass is 9.94. The van der Waals surface area contributed by atoms with Crippen molar-refractivity contribution < 1.29 is 24.2 Å². The van der Waals surface area contributed by atoms with E-state index in [2.05, 4.69) is 39.3 Å². The number of aliphatic hydroxyl groups is 1. The highest BCUT2D eigenvalue weighted by Crippen LogP contribution is 2.29. The fraction of sp³-hybridized carbons (Fsp3) is 0.607. The maximum absolute atomic E-state index is 13.2. The number of anilines is 2. The summed E-state index contributed by atoms with van der Waals surface area (Å²) in [4.78, 5) is 35.5. The topological polar surface area (TPSA) is 116 Å². The van der Waals surface area contributed by atoms with Crippen molar-refractivity contribution in [2.75, 3.05) is 69.9 Å². The summed E-state index contributed by atoms with van der Waals surface area (Å²) in [6, 6.07) is 5.60. The SMILES string of the molecule is COCCNC(=O)c1cc(CN2CCOCC2(C)C)ccc1NC(=O)c1csc(N2CCC(CCO)CC2)n1. The van der Waals surface area contributed by atoms with E-state index in [-0.39, 0.29) is 24.0 Å². The third kappa shape index (κ3) is 7.76. The number of thiazole rings is 1. The van der Waals surface area contributed by atoms with Crippen LogP contribution in [0.4, 0.5) is 10.8 Å². The minimum absolute atomic E-state index is 0.109. The number of piperidine rings is 1. The van der Waals surface area contributed by atoms with Crippen molar-refractivity contribution in [3.8, 4) is 0 Å². The van der Waals surface area contributed by atoms with E-state index in [0.29, 0.717) is 55.8 Å². The molecule has 10 nitrogen and oxygen atoms in total. The smallest absolute Gasteiger partial charge is 0.275 e. The predicted molar refractivity (Wildman–Crippen MR) is 153 cm³/mol. The molecule has 0 bridgehead atoms. The molecule has 4 rings (SSSR count). The summed E-state index contributed by atoms with van der Waals surface area (Å²) >= 11 is 1.45. The van der Waals surface area contributed by atoms with Crippen molar-refractivity contribution in [1.29, 1.82) is 0 Å². The molecule has 0 saturated carbocycles. The zero-order chi connectivity index (χ0) is 27.8. The van der Waals surface area contributed by atoms with E-state index in [1.54, 1.807) is 18.6 Å². The Morgan fingerprint density at radius 3 is 2.74 bits per heavy atom. The van der Waals surface area contributed by atoms with Crippen LogP contribution in [-0.4, -0.2) is 92.1 Å². The van der Waals surface area contributed by atoms with Crippen LogP contribution in [0, 0.1) is 5.92 Å². The molecular weight excluding hydrogens is 518 g/mol. The van der Waals surface area contributed by atoms with Crippen molar-refractivity contribution in [1.82, 2.24) is 15.2 Å². The molecule has 3 N–H and O–H groups in total. The van der Waals surface area contributed by atoms with Gasteiger partial charge in [0.2, 0.25) is 0 Å². The Kier molecular flexibility index (Phi) is 10.3. The van der Waals surface area contributed by atoms with Crippen molar-refractivity contribution >= 4 is 34.0 Å². The van der Waals surface area contributed by atoms with Gasteiger partial charge in [-0.2, -0.15) is 0 Å². The van der Waals surface area contributed by atoms with Crippen LogP contribution >= 0.6 is 11.3 Å². The summed E-state index contributed by atoms with van der Waals surface area (Å²) in [6.45, 7) is 9.85. The largest absolute Gasteiger partial charge is 0.396 e. The standard InChI is InChI=1S/C28H41N5O5S/c1-28(2)19-38-15-12-33(28)17-21-4-5-23(22(16-21)25(35)29-9-14-37-3)30-26(36)24-18-39-27(31-24)32-10-6-20(7-11-32)8-13-34/h4-5,16,18,20,34H,6-15,17,19H2,1-3H3,(H,29,35)(H,30,36). The molecule has 1 aromatic heterocycles. The second kappa shape index (κ2) is 13.7. The van der Waals surface area contributed by atoms with Gasteiger partial charge in [0.05, 0.1) is 31.1 Å². The molecule has 39 heavy (non-hydrogen) atoms. The van der Waals surface area contributed by atoms with Gasteiger partial charge in [-0.15, -0.1) is 11.3 Å². The Labute approximate surface area is 234 Å². The number of aliphatic hydroxyl groups excluding tert-OH is 1. The molecule has 2 saturated heterocycles. The van der Waals surface area contributed by atoms with Crippen LogP contribution in [0.3, 0.4) is 0 Å². The van der Waals surface area contributed by atoms with Gasteiger partial charge in [-0.3, -0.25) is 14.5 Å². The van der Waals surface area contributed by atoms with Crippen LogP contribution in [-0.2, 0) is 16.0 Å². The van der Waals surface area contributed by atoms with Gasteiger partial charge in [-0.1, -0.05) is 6.07 Å². The number of rotatable bonds is 11. The highest BCUT2D eigenvalue weighted by Gasteiger charge is 2.30. The van der Waals surface area contributed by atoms with Crippen LogP contribution < -0.4 is 15.5 Å². The molecule has 0 aliphatic carbocycles. The Morgan fingerprint density at radius 1 is 1.23 bits per heavy atom. The average molecular weight is 560 g/mol. The van der Waals surface area contributed by atoms with Crippen LogP contribution in [0.25, 0.3) is 0 Å². The Morgan fingerprint density at radius 2 is 2.03 bits per heavy atom. The van der Waals surface area contributed by atoms with E-state index in [1.807, 2.05) is 12.1 Å². The van der Waals surface area contributed by atoms with Gasteiger partial charge in [0.25, 0.3) is 11.8 Å². The van der Waals surface area contributed by atoms with Crippen LogP contribution in [0.5, 0.6) is 0 Å². The summed E-state index contributed by atoms with van der Waals surface area (Å²) < 4.78 is 10.7. The molecule has 2 aliphatic heterocycles. The zero-order valence-electron chi connectivity index (χ0n) is 23.2. The number of nitrogens with zero attached hydrogens (tertiary/aromatic N) is 3. The van der Waals surface area contributed by atoms with E-state index in [0.717, 1.165) is 49.6 Å². The summed E-state index contributed by atoms with van der Waals surface area (Å²) in [5, 5.41) is 17.6. The number of hydrogen-bond donors (Lipinski definition) is 3. The van der Waals surface area contributed by atoms with Gasteiger partial charge in [0.15, 0.2) is 5.13 Å². The lowest BCUT2D eigenvalue weighted by molar-refractivity contribution is -0.0552. The number of nitrogens with one attached hydrogen (secondary N) is 2. The molecule has 0 radical (unpaired) electrons. The number of benzene rings is 1. The third-order valence-corrected chi connectivity index (χ3v) is 8.41. The van der Waals surface area contributed by atoms with E-state index in [4.69, 9.17) is 9.47 Å². The maximum Gasteiger partial charge on any atom is 0.275 e. The number of amides is 2. The molecule has 0 atom stereocenters. The highest BCUT2D eigenvalue weighted by atomic mass is 32.1. The minimum Gasteiger partial charge on any atom is -0.396 e. The second-order valence-corrected chi connectivity index (χ2v) is 11.7. The number of hydrogen-bond acceptors (Lipinski definition) is 9. The molecule has 214 valence electrons. The van der Waals surface area contributed by atoms with Gasteiger partial charge in [-0.05, 0) is 56.7 Å². The van der Waals surface area contributed by atoms with Crippen LogP contribution in [0.15, 0.2) is 23.6 Å². The zero-order valence-corrected chi connectivity index (χ0v) is 24.0. The molecule has 0 spiro atoms. The summed E-state index contributed by atoms with van der Waals surface area (Å²) in [7, 11) is 1.59. The first-order chi connectivity index (χ1) is 18.8. The quantitative estimate of drug-likeness (QED) is 0.360. The van der Waals surface area contributed by atoms with E-state index < -0.39 is 0 Å². The first-order valence-corrected chi connectivity index (χ1v) is 14.5. The fourth-order valence-corrected chi connectivity index (χ4v) is 5.91. The molecule has 2 aliphatic rings. The van der Waals surface area contributed by atoms with Crippen LogP contribution in [0.2, 0.25) is 0 Å². The van der Waals surface area contributed by atoms with E-state index >= 15 is 0 Å². The van der Waals surface area contributed by atoms with Gasteiger partial charge < -0.3 is 30.1 Å². The van der Waals surface area contributed by atoms with E-state index in [9.17, 15) is 14.7 Å². The number of carbonyl (C=O) groups excluding carboxylic acids is 2. The Hall–Kier alpha value is -2.57. The number of aromatic nitrogens is 1. The molecular formula is C28H41N5O5S. The molecule has 2 aromatic rings. The van der Waals surface area contributed by atoms with E-state index in [1.165, 1.54) is 11.3 Å². The Bertz CT molecular complexity index is 1120. The normalized spacial score (nSPS) is 18.2. The van der Waals surface area contributed by atoms with Gasteiger partial charge in [-0.25, -0.2) is 4.98 Å². The number of methoxy groups -OCH3 is 1. The summed E-state index contributed by atoms with van der Waals surface area (Å²) in [5.41, 5.74) is 2.06. The first-order valence-electron chi connectivity index (χ1n) is 13.7. The highest BCUT2D eigenvalue weighted by molar-refractivity contribution is 7.14. The van der Waals surface area contributed by atoms with Crippen molar-refractivity contribution in [2.24, 2.45) is 5.92 Å². The predicted octanol–water partition coefficient (Wildman–Crippen LogP) is 2.98. The number of ether oxygens (including phenoxy) is 2. The molecule has 11 heteroatoms. The third-order valence-electron chi connectivity index (χ3n) is 7.51. The van der Waals surface area contributed by atoms with Crippen molar-refractivity contribution in [3.63, 3.8) is 0 Å². The van der Waals surface area contributed by atoms with Gasteiger partial charge in [0.1, 0.15) is 5.69 Å². The van der Waals surface area contributed by atoms with Crippen molar-refractivity contribution in [3.05, 3.63) is 40.4 Å². The fourth-order valence-electron chi connectivity index (χ4n) is 5.05. The second-order valence-electron chi connectivity index (χ2n) is 10.8.